The van der Waals surface area contributed by atoms with Crippen molar-refractivity contribution in [1.82, 2.24) is 10.2 Å². The predicted octanol–water partition coefficient (Wildman–Crippen LogP) is 5.35. The van der Waals surface area contributed by atoms with E-state index < -0.39 is 0 Å². The molecule has 3 atom stereocenters. The minimum atomic E-state index is 0.679. The Labute approximate surface area is 166 Å². The lowest BCUT2D eigenvalue weighted by molar-refractivity contribution is 0.150. The summed E-state index contributed by atoms with van der Waals surface area (Å²) in [7, 11) is 0. The van der Waals surface area contributed by atoms with Gasteiger partial charge in [-0.05, 0) is 94.6 Å². The molecule has 0 amide bonds. The molecule has 2 N–H and O–H groups in total. The van der Waals surface area contributed by atoms with Crippen molar-refractivity contribution in [1.29, 1.82) is 0 Å². The van der Waals surface area contributed by atoms with E-state index in [1.807, 2.05) is 0 Å². The van der Waals surface area contributed by atoms with E-state index >= 15 is 0 Å². The second-order valence-electron chi connectivity index (χ2n) is 9.09. The predicted molar refractivity (Wildman–Crippen MR) is 115 cm³/mol. The van der Waals surface area contributed by atoms with Crippen molar-refractivity contribution in [3.63, 3.8) is 0 Å². The number of piperidine rings is 2. The highest BCUT2D eigenvalue weighted by molar-refractivity contribution is 5.45. The van der Waals surface area contributed by atoms with E-state index in [0.717, 1.165) is 18.5 Å². The van der Waals surface area contributed by atoms with E-state index in [-0.39, 0.29) is 0 Å². The lowest BCUT2D eigenvalue weighted by atomic mass is 9.94. The van der Waals surface area contributed by atoms with Crippen LogP contribution in [-0.4, -0.2) is 37.1 Å². The summed E-state index contributed by atoms with van der Waals surface area (Å²) in [4.78, 5) is 2.79. The van der Waals surface area contributed by atoms with E-state index in [2.05, 4.69) is 39.8 Å². The number of hydrogen-bond acceptors (Lipinski definition) is 3. The van der Waals surface area contributed by atoms with Gasteiger partial charge in [0.05, 0.1) is 0 Å². The van der Waals surface area contributed by atoms with E-state index in [4.69, 9.17) is 0 Å². The van der Waals surface area contributed by atoms with Crippen molar-refractivity contribution in [3.8, 4) is 0 Å². The van der Waals surface area contributed by atoms with Crippen LogP contribution in [0.4, 0.5) is 5.69 Å². The molecule has 3 fully saturated rings. The Balaban J connectivity index is 1.14. The van der Waals surface area contributed by atoms with E-state index in [9.17, 15) is 0 Å². The molecule has 3 heteroatoms. The van der Waals surface area contributed by atoms with Crippen molar-refractivity contribution in [2.75, 3.05) is 31.5 Å². The van der Waals surface area contributed by atoms with E-state index in [0.29, 0.717) is 6.04 Å². The summed E-state index contributed by atoms with van der Waals surface area (Å²) < 4.78 is 0. The molecule has 150 valence electrons. The molecule has 1 unspecified atom stereocenters. The zero-order valence-corrected chi connectivity index (χ0v) is 17.1. The maximum absolute atomic E-state index is 3.63. The molecule has 0 spiro atoms. The lowest BCUT2D eigenvalue weighted by Crippen LogP contribution is -2.35. The largest absolute Gasteiger partial charge is 0.385 e. The number of hydrogen-bond donors (Lipinski definition) is 2. The smallest absolute Gasteiger partial charge is 0.0351 e. The summed E-state index contributed by atoms with van der Waals surface area (Å²) in [5.74, 6) is 0.939. The third-order valence-corrected chi connectivity index (χ3v) is 7.16. The van der Waals surface area contributed by atoms with Crippen molar-refractivity contribution in [2.45, 2.75) is 82.7 Å². The molecule has 1 aromatic carbocycles. The highest BCUT2D eigenvalue weighted by Crippen LogP contribution is 2.40. The molecular formula is C24H39N3. The van der Waals surface area contributed by atoms with Crippen LogP contribution in [-0.2, 0) is 0 Å². The van der Waals surface area contributed by atoms with Gasteiger partial charge in [-0.1, -0.05) is 31.4 Å². The van der Waals surface area contributed by atoms with Crippen LogP contribution >= 0.6 is 0 Å². The molecule has 3 aliphatic heterocycles. The van der Waals surface area contributed by atoms with Gasteiger partial charge in [-0.15, -0.1) is 0 Å². The average Bonchev–Trinajstić information content (AvgIpc) is 3.16. The first kappa shape index (κ1) is 19.3. The van der Waals surface area contributed by atoms with Gasteiger partial charge >= 0.3 is 0 Å². The van der Waals surface area contributed by atoms with Gasteiger partial charge in [-0.3, -0.25) is 4.90 Å². The van der Waals surface area contributed by atoms with Crippen molar-refractivity contribution >= 4 is 5.69 Å². The van der Waals surface area contributed by atoms with Gasteiger partial charge in [-0.2, -0.15) is 0 Å². The molecule has 3 nitrogen and oxygen atoms in total. The van der Waals surface area contributed by atoms with Crippen LogP contribution in [0.3, 0.4) is 0 Å². The van der Waals surface area contributed by atoms with Crippen molar-refractivity contribution < 1.29 is 0 Å². The molecule has 3 saturated heterocycles. The molecule has 1 aromatic rings. The zero-order valence-electron chi connectivity index (χ0n) is 17.1. The first-order chi connectivity index (χ1) is 13.4. The van der Waals surface area contributed by atoms with Crippen LogP contribution in [0.15, 0.2) is 24.3 Å². The van der Waals surface area contributed by atoms with Crippen molar-refractivity contribution in [2.24, 2.45) is 5.92 Å². The quantitative estimate of drug-likeness (QED) is 0.605. The fraction of sp³-hybridized carbons (Fsp3) is 0.750. The summed E-state index contributed by atoms with van der Waals surface area (Å²) in [6, 6.07) is 10.9. The molecular weight excluding hydrogens is 330 g/mol. The number of fused-ring (bicyclic) bond motifs is 1. The highest BCUT2D eigenvalue weighted by atomic mass is 15.2. The molecule has 0 aromatic heterocycles. The molecule has 3 aliphatic rings. The van der Waals surface area contributed by atoms with Crippen LogP contribution in [0.1, 0.15) is 82.2 Å². The summed E-state index contributed by atoms with van der Waals surface area (Å²) in [5, 5.41) is 7.16. The Hall–Kier alpha value is -1.06. The van der Waals surface area contributed by atoms with Gasteiger partial charge in [-0.25, -0.2) is 0 Å². The fourth-order valence-corrected chi connectivity index (χ4v) is 5.58. The number of anilines is 1. The van der Waals surface area contributed by atoms with Crippen LogP contribution in [0, 0.1) is 5.92 Å². The number of rotatable bonds is 8. The molecule has 0 saturated carbocycles. The summed E-state index contributed by atoms with van der Waals surface area (Å²) in [5.41, 5.74) is 2.83. The van der Waals surface area contributed by atoms with E-state index in [1.165, 1.54) is 102 Å². The SMILES string of the molecule is c1cc([C@H]2CC[C@H]3CCCCN32)ccc1NCCCCCC1CCCNC1. The second kappa shape index (κ2) is 9.93. The number of nitrogens with zero attached hydrogens (tertiary/aromatic N) is 1. The Morgan fingerprint density at radius 3 is 2.70 bits per heavy atom. The number of nitrogens with one attached hydrogen (secondary N) is 2. The first-order valence-corrected chi connectivity index (χ1v) is 11.7. The van der Waals surface area contributed by atoms with Gasteiger partial charge in [0.25, 0.3) is 0 Å². The topological polar surface area (TPSA) is 27.3 Å². The van der Waals surface area contributed by atoms with Crippen LogP contribution in [0.2, 0.25) is 0 Å². The van der Waals surface area contributed by atoms with Crippen molar-refractivity contribution in [3.05, 3.63) is 29.8 Å². The number of unbranched alkanes of at least 4 members (excludes halogenated alkanes) is 2. The lowest BCUT2D eigenvalue weighted by Gasteiger charge is -2.34. The van der Waals surface area contributed by atoms with Gasteiger partial charge in [0.1, 0.15) is 0 Å². The maximum atomic E-state index is 3.63. The normalized spacial score (nSPS) is 28.8. The summed E-state index contributed by atoms with van der Waals surface area (Å²) >= 11 is 0. The zero-order chi connectivity index (χ0) is 18.3. The Morgan fingerprint density at radius 2 is 1.85 bits per heavy atom. The molecule has 4 rings (SSSR count). The van der Waals surface area contributed by atoms with Gasteiger partial charge in [0.2, 0.25) is 0 Å². The summed E-state index contributed by atoms with van der Waals surface area (Å²) in [6.45, 7) is 4.91. The average molecular weight is 370 g/mol. The Kier molecular flexibility index (Phi) is 7.09. The molecule has 27 heavy (non-hydrogen) atoms. The molecule has 0 bridgehead atoms. The van der Waals surface area contributed by atoms with Gasteiger partial charge in [0, 0.05) is 24.3 Å². The third kappa shape index (κ3) is 5.26. The first-order valence-electron chi connectivity index (χ1n) is 11.7. The second-order valence-corrected chi connectivity index (χ2v) is 9.09. The molecule has 0 aliphatic carbocycles. The Morgan fingerprint density at radius 1 is 0.926 bits per heavy atom. The van der Waals surface area contributed by atoms with E-state index in [1.54, 1.807) is 0 Å². The molecule has 3 heterocycles. The minimum Gasteiger partial charge on any atom is -0.385 e. The number of benzene rings is 1. The van der Waals surface area contributed by atoms with Gasteiger partial charge in [0.15, 0.2) is 0 Å². The van der Waals surface area contributed by atoms with Gasteiger partial charge < -0.3 is 10.6 Å². The standard InChI is InChI=1S/C24H39N3/c1(2-7-20-8-6-16-25-19-20)4-17-26-22-12-10-21(11-13-22)24-15-14-23-9-3-5-18-27(23)24/h10-13,20,23-26H,1-9,14-19H2/t20?,23-,24-/m1/s1. The fourth-order valence-electron chi connectivity index (χ4n) is 5.58. The van der Waals surface area contributed by atoms with Crippen LogP contribution in [0.5, 0.6) is 0 Å². The summed E-state index contributed by atoms with van der Waals surface area (Å²) in [6.07, 6.45) is 15.3. The maximum Gasteiger partial charge on any atom is 0.0351 e. The highest BCUT2D eigenvalue weighted by Gasteiger charge is 2.35. The van der Waals surface area contributed by atoms with Crippen LogP contribution in [0.25, 0.3) is 0 Å². The third-order valence-electron chi connectivity index (χ3n) is 7.16. The minimum absolute atomic E-state index is 0.679. The molecule has 0 radical (unpaired) electrons. The van der Waals surface area contributed by atoms with Crippen LogP contribution < -0.4 is 10.6 Å². The Bertz CT molecular complexity index is 549. The monoisotopic (exact) mass is 369 g/mol.